The number of carbonyl (C=O) groups is 1. The summed E-state index contributed by atoms with van der Waals surface area (Å²) in [5, 5.41) is 8.92. The second-order valence-corrected chi connectivity index (χ2v) is 7.00. The van der Waals surface area contributed by atoms with Crippen molar-refractivity contribution >= 4 is 33.4 Å². The maximum absolute atomic E-state index is 13.7. The van der Waals surface area contributed by atoms with Crippen LogP contribution in [0.25, 0.3) is 0 Å². The lowest BCUT2D eigenvalue weighted by molar-refractivity contribution is 0.0696. The maximum Gasteiger partial charge on any atom is 0.335 e. The number of hydrogen-bond acceptors (Lipinski definition) is 4. The van der Waals surface area contributed by atoms with Crippen molar-refractivity contribution < 1.29 is 31.5 Å². The molecule has 0 aliphatic heterocycles. The summed E-state index contributed by atoms with van der Waals surface area (Å²) in [6.45, 7) is 0. The standard InChI is InChI=1S/C14H10F3NO4S2/c1-23-10-6-7(14(19)20)2-4-9(10)18-24(21,22)11-5-3-8(15)12(16)13(11)17/h2-6,18H,1H3,(H,19,20). The number of hydrogen-bond donors (Lipinski definition) is 2. The lowest BCUT2D eigenvalue weighted by Gasteiger charge is -2.13. The van der Waals surface area contributed by atoms with Crippen molar-refractivity contribution in [1.29, 1.82) is 0 Å². The first-order valence-corrected chi connectivity index (χ1v) is 8.96. The van der Waals surface area contributed by atoms with Crippen molar-refractivity contribution in [2.45, 2.75) is 9.79 Å². The first kappa shape index (κ1) is 18.1. The Morgan fingerprint density at radius 1 is 1.12 bits per heavy atom. The first-order chi connectivity index (χ1) is 11.2. The molecule has 0 aromatic heterocycles. The van der Waals surface area contributed by atoms with E-state index in [0.29, 0.717) is 12.1 Å². The number of benzene rings is 2. The van der Waals surface area contributed by atoms with Gasteiger partial charge in [-0.25, -0.2) is 26.4 Å². The molecule has 0 aliphatic rings. The van der Waals surface area contributed by atoms with E-state index in [2.05, 4.69) is 0 Å². The van der Waals surface area contributed by atoms with E-state index in [1.807, 2.05) is 4.72 Å². The Balaban J connectivity index is 2.47. The molecule has 2 rings (SSSR count). The molecular formula is C14H10F3NO4S2. The average Bonchev–Trinajstić information content (AvgIpc) is 2.52. The summed E-state index contributed by atoms with van der Waals surface area (Å²) >= 11 is 1.05. The van der Waals surface area contributed by atoms with Crippen LogP contribution in [0.5, 0.6) is 0 Å². The fourth-order valence-electron chi connectivity index (χ4n) is 1.82. The number of anilines is 1. The van der Waals surface area contributed by atoms with E-state index in [9.17, 15) is 26.4 Å². The predicted octanol–water partition coefficient (Wildman–Crippen LogP) is 3.32. The van der Waals surface area contributed by atoms with Crippen molar-refractivity contribution in [1.82, 2.24) is 0 Å². The molecule has 5 nitrogen and oxygen atoms in total. The van der Waals surface area contributed by atoms with E-state index in [1.165, 1.54) is 12.1 Å². The van der Waals surface area contributed by atoms with Crippen LogP contribution >= 0.6 is 11.8 Å². The van der Waals surface area contributed by atoms with Crippen LogP contribution in [-0.2, 0) is 10.0 Å². The Morgan fingerprint density at radius 2 is 1.79 bits per heavy atom. The van der Waals surface area contributed by atoms with Crippen molar-refractivity contribution in [2.75, 3.05) is 11.0 Å². The summed E-state index contributed by atoms with van der Waals surface area (Å²) in [6.07, 6.45) is 1.58. The number of halogens is 3. The van der Waals surface area contributed by atoms with Gasteiger partial charge in [0.25, 0.3) is 10.0 Å². The van der Waals surface area contributed by atoms with E-state index in [-0.39, 0.29) is 16.1 Å². The van der Waals surface area contributed by atoms with E-state index >= 15 is 0 Å². The van der Waals surface area contributed by atoms with Crippen LogP contribution in [0.1, 0.15) is 10.4 Å². The number of nitrogens with one attached hydrogen (secondary N) is 1. The number of carboxylic acid groups (broad SMARTS) is 1. The summed E-state index contributed by atoms with van der Waals surface area (Å²) < 4.78 is 66.3. The minimum absolute atomic E-state index is 0.0170. The van der Waals surface area contributed by atoms with E-state index in [4.69, 9.17) is 5.11 Å². The molecule has 128 valence electrons. The van der Waals surface area contributed by atoms with Gasteiger partial charge in [-0.2, -0.15) is 0 Å². The highest BCUT2D eigenvalue weighted by molar-refractivity contribution is 7.99. The van der Waals surface area contributed by atoms with Crippen molar-refractivity contribution in [2.24, 2.45) is 0 Å². The Labute approximate surface area is 139 Å². The minimum atomic E-state index is -4.54. The zero-order valence-electron chi connectivity index (χ0n) is 12.0. The third kappa shape index (κ3) is 3.49. The minimum Gasteiger partial charge on any atom is -0.478 e. The average molecular weight is 377 g/mol. The van der Waals surface area contributed by atoms with Crippen LogP contribution in [0.4, 0.5) is 18.9 Å². The maximum atomic E-state index is 13.7. The van der Waals surface area contributed by atoms with Crippen molar-refractivity contribution in [3.05, 3.63) is 53.3 Å². The molecule has 0 amide bonds. The first-order valence-electron chi connectivity index (χ1n) is 6.25. The molecule has 10 heteroatoms. The molecule has 0 fully saturated rings. The number of carboxylic acids is 1. The van der Waals surface area contributed by atoms with Crippen molar-refractivity contribution in [3.8, 4) is 0 Å². The highest BCUT2D eigenvalue weighted by Gasteiger charge is 2.25. The molecule has 24 heavy (non-hydrogen) atoms. The van der Waals surface area contributed by atoms with E-state index < -0.39 is 38.3 Å². The van der Waals surface area contributed by atoms with Gasteiger partial charge >= 0.3 is 5.97 Å². The molecule has 0 saturated carbocycles. The fourth-order valence-corrected chi connectivity index (χ4v) is 3.62. The van der Waals surface area contributed by atoms with Gasteiger partial charge in [0, 0.05) is 4.90 Å². The van der Waals surface area contributed by atoms with Gasteiger partial charge in [0.2, 0.25) is 0 Å². The van der Waals surface area contributed by atoms with E-state index in [1.54, 1.807) is 6.26 Å². The second kappa shape index (κ2) is 6.73. The van der Waals surface area contributed by atoms with Gasteiger partial charge < -0.3 is 5.11 Å². The zero-order valence-corrected chi connectivity index (χ0v) is 13.6. The molecule has 0 unspecified atom stereocenters. The van der Waals surface area contributed by atoms with Crippen LogP contribution in [-0.4, -0.2) is 25.7 Å². The Hall–Kier alpha value is -2.20. The summed E-state index contributed by atoms with van der Waals surface area (Å²) in [6, 6.07) is 4.66. The predicted molar refractivity (Wildman–Crippen MR) is 82.3 cm³/mol. The molecular weight excluding hydrogens is 367 g/mol. The fraction of sp³-hybridized carbons (Fsp3) is 0.0714. The molecule has 2 aromatic carbocycles. The van der Waals surface area contributed by atoms with Gasteiger partial charge in [-0.3, -0.25) is 4.72 Å². The smallest absolute Gasteiger partial charge is 0.335 e. The van der Waals surface area contributed by atoms with Crippen LogP contribution in [0.2, 0.25) is 0 Å². The number of thioether (sulfide) groups is 1. The quantitative estimate of drug-likeness (QED) is 0.617. The summed E-state index contributed by atoms with van der Waals surface area (Å²) in [5.41, 5.74) is -0.0852. The van der Waals surface area contributed by atoms with Crippen LogP contribution in [0.15, 0.2) is 40.1 Å². The molecule has 2 N–H and O–H groups in total. The van der Waals surface area contributed by atoms with Gasteiger partial charge in [-0.15, -0.1) is 11.8 Å². The van der Waals surface area contributed by atoms with Crippen LogP contribution < -0.4 is 4.72 Å². The zero-order chi connectivity index (χ0) is 18.1. The molecule has 0 heterocycles. The van der Waals surface area contributed by atoms with Crippen molar-refractivity contribution in [3.63, 3.8) is 0 Å². The topological polar surface area (TPSA) is 83.5 Å². The van der Waals surface area contributed by atoms with Gasteiger partial charge in [-0.1, -0.05) is 0 Å². The largest absolute Gasteiger partial charge is 0.478 e. The molecule has 0 aliphatic carbocycles. The second-order valence-electron chi connectivity index (χ2n) is 4.50. The van der Waals surface area contributed by atoms with Crippen LogP contribution in [0, 0.1) is 17.5 Å². The Kier molecular flexibility index (Phi) is 5.09. The molecule has 0 saturated heterocycles. The number of aromatic carboxylic acids is 1. The SMILES string of the molecule is CSc1cc(C(=O)O)ccc1NS(=O)(=O)c1ccc(F)c(F)c1F. The Bertz CT molecular complexity index is 916. The molecule has 0 radical (unpaired) electrons. The highest BCUT2D eigenvalue weighted by Crippen LogP contribution is 2.29. The molecule has 0 spiro atoms. The normalized spacial score (nSPS) is 11.3. The number of sulfonamides is 1. The van der Waals surface area contributed by atoms with Gasteiger partial charge in [0.15, 0.2) is 17.5 Å². The summed E-state index contributed by atoms with van der Waals surface area (Å²) in [5.74, 6) is -6.45. The monoisotopic (exact) mass is 377 g/mol. The van der Waals surface area contributed by atoms with Gasteiger partial charge in [0.1, 0.15) is 4.90 Å². The van der Waals surface area contributed by atoms with E-state index in [0.717, 1.165) is 17.8 Å². The summed E-state index contributed by atoms with van der Waals surface area (Å²) in [4.78, 5) is 10.1. The number of rotatable bonds is 5. The third-order valence-corrected chi connectivity index (χ3v) is 5.14. The lowest BCUT2D eigenvalue weighted by atomic mass is 10.2. The molecule has 2 aromatic rings. The molecule has 0 atom stereocenters. The third-order valence-electron chi connectivity index (χ3n) is 2.98. The van der Waals surface area contributed by atoms with Crippen LogP contribution in [0.3, 0.4) is 0 Å². The lowest BCUT2D eigenvalue weighted by Crippen LogP contribution is -2.16. The Morgan fingerprint density at radius 3 is 2.38 bits per heavy atom. The summed E-state index contributed by atoms with van der Waals surface area (Å²) in [7, 11) is -4.54. The van der Waals surface area contributed by atoms with Gasteiger partial charge in [-0.05, 0) is 36.6 Å². The van der Waals surface area contributed by atoms with Gasteiger partial charge in [0.05, 0.1) is 11.3 Å². The molecule has 0 bridgehead atoms. The highest BCUT2D eigenvalue weighted by atomic mass is 32.2.